The highest BCUT2D eigenvalue weighted by Gasteiger charge is 2.57. The Hall–Kier alpha value is -2.12. The molecule has 3 amide bonds. The van der Waals surface area contributed by atoms with Crippen molar-refractivity contribution in [1.29, 1.82) is 0 Å². The van der Waals surface area contributed by atoms with Crippen LogP contribution in [0.3, 0.4) is 0 Å². The lowest BCUT2D eigenvalue weighted by Crippen LogP contribution is -2.57. The van der Waals surface area contributed by atoms with Crippen molar-refractivity contribution in [3.8, 4) is 5.75 Å². The van der Waals surface area contributed by atoms with Crippen molar-refractivity contribution in [2.45, 2.75) is 38.8 Å². The van der Waals surface area contributed by atoms with Crippen LogP contribution in [0.2, 0.25) is 0 Å². The summed E-state index contributed by atoms with van der Waals surface area (Å²) in [6.45, 7) is 7.63. The van der Waals surface area contributed by atoms with E-state index in [4.69, 9.17) is 4.74 Å². The van der Waals surface area contributed by atoms with E-state index in [1.807, 2.05) is 26.0 Å². The maximum atomic E-state index is 13.3. The van der Waals surface area contributed by atoms with E-state index in [0.717, 1.165) is 25.2 Å². The van der Waals surface area contributed by atoms with Crippen molar-refractivity contribution < 1.29 is 19.4 Å². The Morgan fingerprint density at radius 2 is 1.79 bits per heavy atom. The number of imide groups is 1. The quantitative estimate of drug-likeness (QED) is 0.725. The summed E-state index contributed by atoms with van der Waals surface area (Å²) in [5.41, 5.74) is 0.385. The number of phenolic OH excluding ortho intramolecular Hbond substituents is 1. The van der Waals surface area contributed by atoms with Gasteiger partial charge in [-0.2, -0.15) is 0 Å². The lowest BCUT2D eigenvalue weighted by molar-refractivity contribution is -0.136. The smallest absolute Gasteiger partial charge is 0.327 e. The normalized spacial score (nSPS) is 20.0. The van der Waals surface area contributed by atoms with Crippen LogP contribution in [0.25, 0.3) is 0 Å². The molecule has 0 aromatic heterocycles. The summed E-state index contributed by atoms with van der Waals surface area (Å²) in [6, 6.07) is 7.04. The van der Waals surface area contributed by atoms with E-state index in [0.29, 0.717) is 32.5 Å². The number of phenols is 1. The molecule has 0 unspecified atom stereocenters. The molecule has 0 bridgehead atoms. The molecule has 0 aliphatic carbocycles. The van der Waals surface area contributed by atoms with Crippen LogP contribution in [0, 0.1) is 5.92 Å². The van der Waals surface area contributed by atoms with Crippen molar-refractivity contribution in [3.63, 3.8) is 0 Å². The number of benzene rings is 1. The fourth-order valence-electron chi connectivity index (χ4n) is 4.23. The van der Waals surface area contributed by atoms with E-state index in [-0.39, 0.29) is 23.6 Å². The second-order valence-corrected chi connectivity index (χ2v) is 8.21. The first-order valence-corrected chi connectivity index (χ1v) is 10.00. The molecule has 7 nitrogen and oxygen atoms in total. The Bertz CT molecular complexity index is 696. The van der Waals surface area contributed by atoms with Gasteiger partial charge in [0.05, 0.1) is 6.61 Å². The predicted octanol–water partition coefficient (Wildman–Crippen LogP) is 2.29. The summed E-state index contributed by atoms with van der Waals surface area (Å²) in [5.74, 6) is 0.448. The van der Waals surface area contributed by atoms with Crippen LogP contribution in [-0.2, 0) is 16.1 Å². The zero-order valence-electron chi connectivity index (χ0n) is 17.1. The van der Waals surface area contributed by atoms with Gasteiger partial charge in [0.25, 0.3) is 5.91 Å². The van der Waals surface area contributed by atoms with Crippen LogP contribution in [0.15, 0.2) is 24.3 Å². The molecule has 0 saturated carbocycles. The van der Waals surface area contributed by atoms with Crippen LogP contribution in [0.1, 0.15) is 32.3 Å². The molecule has 2 aliphatic rings. The van der Waals surface area contributed by atoms with Crippen molar-refractivity contribution in [3.05, 3.63) is 29.8 Å². The van der Waals surface area contributed by atoms with Gasteiger partial charge in [0.1, 0.15) is 11.3 Å². The van der Waals surface area contributed by atoms with Gasteiger partial charge in [-0.25, -0.2) is 4.79 Å². The lowest BCUT2D eigenvalue weighted by atomic mass is 9.85. The average molecular weight is 389 g/mol. The summed E-state index contributed by atoms with van der Waals surface area (Å²) >= 11 is 0. The van der Waals surface area contributed by atoms with Crippen LogP contribution in [0.4, 0.5) is 4.79 Å². The van der Waals surface area contributed by atoms with Gasteiger partial charge >= 0.3 is 6.03 Å². The third kappa shape index (κ3) is 4.00. The molecule has 1 aromatic carbocycles. The number of piperidine rings is 1. The fraction of sp³-hybridized carbons (Fsp3) is 0.619. The molecule has 0 atom stereocenters. The number of amides is 3. The second-order valence-electron chi connectivity index (χ2n) is 8.21. The Labute approximate surface area is 166 Å². The molecule has 2 fully saturated rings. The Morgan fingerprint density at radius 3 is 2.36 bits per heavy atom. The minimum Gasteiger partial charge on any atom is -0.508 e. The van der Waals surface area contributed by atoms with Gasteiger partial charge in [0, 0.05) is 39.8 Å². The number of urea groups is 1. The highest BCUT2D eigenvalue weighted by molar-refractivity contribution is 6.07. The van der Waals surface area contributed by atoms with Gasteiger partial charge in [-0.3, -0.25) is 14.6 Å². The number of rotatable bonds is 7. The van der Waals surface area contributed by atoms with Gasteiger partial charge in [0.2, 0.25) is 0 Å². The molecule has 2 aliphatic heterocycles. The summed E-state index contributed by atoms with van der Waals surface area (Å²) in [7, 11) is 1.61. The van der Waals surface area contributed by atoms with Gasteiger partial charge < -0.3 is 14.7 Å². The third-order valence-corrected chi connectivity index (χ3v) is 5.71. The summed E-state index contributed by atoms with van der Waals surface area (Å²) in [5, 5.41) is 9.44. The van der Waals surface area contributed by atoms with E-state index in [1.54, 1.807) is 24.1 Å². The largest absolute Gasteiger partial charge is 0.508 e. The highest BCUT2D eigenvalue weighted by Crippen LogP contribution is 2.37. The van der Waals surface area contributed by atoms with E-state index in [1.165, 1.54) is 4.90 Å². The van der Waals surface area contributed by atoms with Gasteiger partial charge in [-0.1, -0.05) is 26.0 Å². The predicted molar refractivity (Wildman–Crippen MR) is 106 cm³/mol. The minimum atomic E-state index is -0.740. The maximum absolute atomic E-state index is 13.3. The fourth-order valence-corrected chi connectivity index (χ4v) is 4.23. The summed E-state index contributed by atoms with van der Waals surface area (Å²) in [4.78, 5) is 31.7. The topological polar surface area (TPSA) is 73.3 Å². The molecule has 1 spiro atoms. The van der Waals surface area contributed by atoms with E-state index in [2.05, 4.69) is 4.90 Å². The Balaban J connectivity index is 1.72. The molecule has 7 heteroatoms. The molecule has 2 heterocycles. The lowest BCUT2D eigenvalue weighted by Gasteiger charge is -2.42. The van der Waals surface area contributed by atoms with Crippen molar-refractivity contribution >= 4 is 11.9 Å². The number of carbonyl (C=O) groups is 2. The maximum Gasteiger partial charge on any atom is 0.327 e. The van der Waals surface area contributed by atoms with Crippen LogP contribution >= 0.6 is 0 Å². The SMILES string of the molecule is COCCN1C(=O)N(CC(C)C)C(=O)C12CCN(Cc1ccc(O)cc1)CC2. The number of likely N-dealkylation sites (tertiary alicyclic amines) is 1. The number of hydrogen-bond donors (Lipinski definition) is 1. The van der Waals surface area contributed by atoms with E-state index >= 15 is 0 Å². The minimum absolute atomic E-state index is 0.0495. The summed E-state index contributed by atoms with van der Waals surface area (Å²) in [6.07, 6.45) is 1.27. The monoisotopic (exact) mass is 389 g/mol. The van der Waals surface area contributed by atoms with Crippen LogP contribution in [0.5, 0.6) is 5.75 Å². The number of hydrogen-bond acceptors (Lipinski definition) is 5. The zero-order chi connectivity index (χ0) is 20.3. The standard InChI is InChI=1S/C21H31N3O4/c1-16(2)14-23-19(26)21(24(20(23)27)12-13-28-3)8-10-22(11-9-21)15-17-4-6-18(25)7-5-17/h4-7,16,25H,8-15H2,1-3H3. The molecule has 1 aromatic rings. The Morgan fingerprint density at radius 1 is 1.14 bits per heavy atom. The number of aromatic hydroxyl groups is 1. The summed E-state index contributed by atoms with van der Waals surface area (Å²) < 4.78 is 5.19. The third-order valence-electron chi connectivity index (χ3n) is 5.71. The van der Waals surface area contributed by atoms with Crippen LogP contribution in [-0.4, -0.2) is 77.2 Å². The van der Waals surface area contributed by atoms with Crippen molar-refractivity contribution in [1.82, 2.24) is 14.7 Å². The number of nitrogens with zero attached hydrogens (tertiary/aromatic N) is 3. The number of carbonyl (C=O) groups excluding carboxylic acids is 2. The number of methoxy groups -OCH3 is 1. The van der Waals surface area contributed by atoms with Gasteiger partial charge in [-0.15, -0.1) is 0 Å². The van der Waals surface area contributed by atoms with Crippen molar-refractivity contribution in [2.75, 3.05) is 39.9 Å². The molecule has 3 rings (SSSR count). The molecular formula is C21H31N3O4. The Kier molecular flexibility index (Phi) is 6.25. The average Bonchev–Trinajstić information content (AvgIpc) is 2.85. The van der Waals surface area contributed by atoms with Gasteiger partial charge in [0.15, 0.2) is 0 Å². The first kappa shape index (κ1) is 20.6. The van der Waals surface area contributed by atoms with Crippen LogP contribution < -0.4 is 0 Å². The highest BCUT2D eigenvalue weighted by atomic mass is 16.5. The van der Waals surface area contributed by atoms with Crippen molar-refractivity contribution in [2.24, 2.45) is 5.92 Å². The first-order valence-electron chi connectivity index (χ1n) is 10.00. The number of ether oxygens (including phenoxy) is 1. The molecular weight excluding hydrogens is 358 g/mol. The molecule has 154 valence electrons. The van der Waals surface area contributed by atoms with E-state index < -0.39 is 5.54 Å². The molecule has 28 heavy (non-hydrogen) atoms. The van der Waals surface area contributed by atoms with E-state index in [9.17, 15) is 14.7 Å². The molecule has 0 radical (unpaired) electrons. The van der Waals surface area contributed by atoms with Gasteiger partial charge in [-0.05, 0) is 36.5 Å². The zero-order valence-corrected chi connectivity index (χ0v) is 17.1. The molecule has 2 saturated heterocycles. The second kappa shape index (κ2) is 8.49. The first-order chi connectivity index (χ1) is 13.4. The molecule has 1 N–H and O–H groups in total.